The number of benzene rings is 2. The Balaban J connectivity index is 1.49. The highest BCUT2D eigenvalue weighted by atomic mass is 35.5. The Morgan fingerprint density at radius 3 is 2.78 bits per heavy atom. The van der Waals surface area contributed by atoms with E-state index in [0.29, 0.717) is 22.5 Å². The number of hydrogen-bond acceptors (Lipinski definition) is 9. The van der Waals surface area contributed by atoms with Crippen LogP contribution in [0.5, 0.6) is 5.88 Å². The number of pyridine rings is 1. The van der Waals surface area contributed by atoms with Crippen LogP contribution in [0.1, 0.15) is 54.9 Å². The molecule has 0 amide bonds. The van der Waals surface area contributed by atoms with Gasteiger partial charge in [0.15, 0.2) is 0 Å². The van der Waals surface area contributed by atoms with Gasteiger partial charge in [-0.1, -0.05) is 41.4 Å². The predicted molar refractivity (Wildman–Crippen MR) is 175 cm³/mol. The summed E-state index contributed by atoms with van der Waals surface area (Å²) in [5.74, 6) is -0.763. The predicted octanol–water partition coefficient (Wildman–Crippen LogP) is 6.64. The summed E-state index contributed by atoms with van der Waals surface area (Å²) in [5.41, 5.74) is 4.65. The third-order valence-electron chi connectivity index (χ3n) is 8.12. The van der Waals surface area contributed by atoms with E-state index in [2.05, 4.69) is 15.3 Å². The largest absolute Gasteiger partial charge is 0.472 e. The molecule has 0 radical (unpaired) electrons. The Morgan fingerprint density at radius 1 is 1.22 bits per heavy atom. The second-order valence-corrected chi connectivity index (χ2v) is 14.6. The minimum absolute atomic E-state index is 0.0463. The minimum atomic E-state index is -4.02. The van der Waals surface area contributed by atoms with Crippen LogP contribution >= 0.6 is 34.5 Å². The lowest BCUT2D eigenvalue weighted by atomic mass is 9.84. The number of aryl methyl sites for hydroxylation is 2. The summed E-state index contributed by atoms with van der Waals surface area (Å²) >= 11 is 14.5. The molecule has 6 rings (SSSR count). The fourth-order valence-corrected chi connectivity index (χ4v) is 8.86. The third-order valence-corrected chi connectivity index (χ3v) is 11.4. The van der Waals surface area contributed by atoms with Gasteiger partial charge in [0.2, 0.25) is 15.9 Å². The molecule has 1 aliphatic rings. The fourth-order valence-electron chi connectivity index (χ4n) is 5.88. The zero-order valence-electron chi connectivity index (χ0n) is 25.1. The molecule has 236 valence electrons. The van der Waals surface area contributed by atoms with Gasteiger partial charge < -0.3 is 9.47 Å². The highest BCUT2D eigenvalue weighted by molar-refractivity contribution is 7.89. The SMILES string of the molecule is CCOC(=O)C[C@H](c1cc(CN2C[C@@H](CC)Oc3ncc(Cl)cc3S2(=O)=O)c2sccc2c1)c1cc(Cl)c2c(nnn2C)c1C. The Labute approximate surface area is 274 Å². The summed E-state index contributed by atoms with van der Waals surface area (Å²) in [6.07, 6.45) is 1.61. The van der Waals surface area contributed by atoms with Gasteiger partial charge in [0, 0.05) is 30.4 Å². The standard InChI is InChI=1S/C31H31Cl2N5O5S2/c1-5-22-16-38(45(40,41)26-11-21(32)14-34-31(26)43-22)15-20-10-19(9-18-7-8-44-30(18)20)24(13-27(39)42-6-2)23-12-25(33)29-28(17(23)3)35-36-37(29)4/h7-12,14,22,24H,5-6,13,15-16H2,1-4H3/t22-,24-/m1/s1. The van der Waals surface area contributed by atoms with Crippen molar-refractivity contribution in [1.29, 1.82) is 0 Å². The van der Waals surface area contributed by atoms with Gasteiger partial charge in [-0.25, -0.2) is 18.1 Å². The molecule has 0 N–H and O–H groups in total. The molecule has 0 saturated carbocycles. The van der Waals surface area contributed by atoms with Crippen molar-refractivity contribution in [1.82, 2.24) is 24.3 Å². The molecule has 1 aliphatic heterocycles. The molecule has 10 nitrogen and oxygen atoms in total. The van der Waals surface area contributed by atoms with Gasteiger partial charge in [0.1, 0.15) is 22.0 Å². The van der Waals surface area contributed by atoms with Gasteiger partial charge in [-0.15, -0.1) is 16.4 Å². The normalized spacial score (nSPS) is 17.2. The lowest BCUT2D eigenvalue weighted by Gasteiger charge is -2.24. The Morgan fingerprint density at radius 2 is 2.02 bits per heavy atom. The summed E-state index contributed by atoms with van der Waals surface area (Å²) in [4.78, 5) is 17.1. The quantitative estimate of drug-likeness (QED) is 0.167. The van der Waals surface area contributed by atoms with Crippen molar-refractivity contribution in [2.45, 2.75) is 57.1 Å². The molecule has 0 saturated heterocycles. The van der Waals surface area contributed by atoms with E-state index in [9.17, 15) is 13.2 Å². The molecule has 5 aromatic rings. The van der Waals surface area contributed by atoms with Crippen molar-refractivity contribution >= 4 is 71.7 Å². The summed E-state index contributed by atoms with van der Waals surface area (Å²) in [7, 11) is -2.25. The highest BCUT2D eigenvalue weighted by Gasteiger charge is 2.36. The van der Waals surface area contributed by atoms with E-state index in [1.54, 1.807) is 18.7 Å². The van der Waals surface area contributed by atoms with Crippen LogP contribution in [0.4, 0.5) is 0 Å². The maximum absolute atomic E-state index is 14.0. The van der Waals surface area contributed by atoms with Gasteiger partial charge in [0.25, 0.3) is 0 Å². The molecule has 0 aliphatic carbocycles. The molecule has 0 unspecified atom stereocenters. The number of thiophene rings is 1. The maximum Gasteiger partial charge on any atom is 0.306 e. The molecule has 0 spiro atoms. The number of esters is 1. The Bertz CT molecular complexity index is 2050. The van der Waals surface area contributed by atoms with Crippen LogP contribution < -0.4 is 4.74 Å². The Hall–Kier alpha value is -3.29. The summed E-state index contributed by atoms with van der Waals surface area (Å²) < 4.78 is 43.5. The summed E-state index contributed by atoms with van der Waals surface area (Å²) in [6, 6.07) is 9.26. The molecule has 0 fully saturated rings. The van der Waals surface area contributed by atoms with Crippen LogP contribution in [0.3, 0.4) is 0 Å². The first-order valence-corrected chi connectivity index (χ1v) is 17.6. The number of carbonyl (C=O) groups excluding carboxylic acids is 1. The Kier molecular flexibility index (Phi) is 8.79. The minimum Gasteiger partial charge on any atom is -0.472 e. The molecule has 14 heteroatoms. The average Bonchev–Trinajstić information content (AvgIpc) is 3.62. The van der Waals surface area contributed by atoms with Crippen LogP contribution in [-0.4, -0.2) is 57.9 Å². The van der Waals surface area contributed by atoms with Crippen molar-refractivity contribution < 1.29 is 22.7 Å². The topological polar surface area (TPSA) is 117 Å². The van der Waals surface area contributed by atoms with Crippen LogP contribution in [0.2, 0.25) is 10.0 Å². The summed E-state index contributed by atoms with van der Waals surface area (Å²) in [6.45, 7) is 6.11. The first-order valence-electron chi connectivity index (χ1n) is 14.5. The molecule has 2 aromatic carbocycles. The second kappa shape index (κ2) is 12.5. The molecule has 4 heterocycles. The number of nitrogens with zero attached hydrogens (tertiary/aromatic N) is 5. The highest BCUT2D eigenvalue weighted by Crippen LogP contribution is 2.40. The number of rotatable bonds is 8. The monoisotopic (exact) mass is 687 g/mol. The lowest BCUT2D eigenvalue weighted by Crippen LogP contribution is -2.36. The van der Waals surface area contributed by atoms with Crippen molar-refractivity contribution in [3.8, 4) is 5.88 Å². The number of aromatic nitrogens is 4. The number of halogens is 2. The second-order valence-electron chi connectivity index (χ2n) is 11.0. The molecule has 0 bridgehead atoms. The zero-order chi connectivity index (χ0) is 32.0. The molecule has 2 atom stereocenters. The lowest BCUT2D eigenvalue weighted by molar-refractivity contribution is -0.143. The van der Waals surface area contributed by atoms with E-state index in [0.717, 1.165) is 32.3 Å². The van der Waals surface area contributed by atoms with Gasteiger partial charge in [-0.3, -0.25) is 4.79 Å². The molecular weight excluding hydrogens is 657 g/mol. The molecular formula is C31H31Cl2N5O5S2. The van der Waals surface area contributed by atoms with Crippen LogP contribution in [-0.2, 0) is 33.1 Å². The summed E-state index contributed by atoms with van der Waals surface area (Å²) in [5, 5.41) is 12.1. The van der Waals surface area contributed by atoms with E-state index in [4.69, 9.17) is 32.7 Å². The van der Waals surface area contributed by atoms with Crippen LogP contribution in [0.15, 0.2) is 46.8 Å². The number of carbonyl (C=O) groups is 1. The third kappa shape index (κ3) is 5.90. The van der Waals surface area contributed by atoms with Crippen LogP contribution in [0.25, 0.3) is 21.1 Å². The van der Waals surface area contributed by atoms with E-state index >= 15 is 0 Å². The van der Waals surface area contributed by atoms with E-state index in [1.807, 2.05) is 43.5 Å². The number of ether oxygens (including phenoxy) is 2. The first-order chi connectivity index (χ1) is 21.5. The van der Waals surface area contributed by atoms with E-state index < -0.39 is 22.0 Å². The molecule has 3 aromatic heterocycles. The van der Waals surface area contributed by atoms with Crippen molar-refractivity contribution in [2.75, 3.05) is 13.2 Å². The van der Waals surface area contributed by atoms with Gasteiger partial charge in [0.05, 0.1) is 29.6 Å². The van der Waals surface area contributed by atoms with Crippen LogP contribution in [0, 0.1) is 6.92 Å². The number of fused-ring (bicyclic) bond motifs is 3. The first kappa shape index (κ1) is 31.7. The maximum atomic E-state index is 14.0. The van der Waals surface area contributed by atoms with Gasteiger partial charge >= 0.3 is 5.97 Å². The van der Waals surface area contributed by atoms with Crippen molar-refractivity contribution in [3.05, 3.63) is 74.2 Å². The van der Waals surface area contributed by atoms with Gasteiger partial charge in [-0.05, 0) is 77.6 Å². The average molecular weight is 689 g/mol. The number of hydrogen-bond donors (Lipinski definition) is 0. The van der Waals surface area contributed by atoms with Crippen molar-refractivity contribution in [3.63, 3.8) is 0 Å². The number of sulfonamides is 1. The van der Waals surface area contributed by atoms with Crippen molar-refractivity contribution in [2.24, 2.45) is 7.05 Å². The molecule has 45 heavy (non-hydrogen) atoms. The van der Waals surface area contributed by atoms with E-state index in [1.165, 1.54) is 27.9 Å². The smallest absolute Gasteiger partial charge is 0.306 e. The van der Waals surface area contributed by atoms with Gasteiger partial charge in [-0.2, -0.15) is 4.31 Å². The fraction of sp³-hybridized carbons (Fsp3) is 0.355. The zero-order valence-corrected chi connectivity index (χ0v) is 28.2. The van der Waals surface area contributed by atoms with E-state index in [-0.39, 0.29) is 47.9 Å².